The van der Waals surface area contributed by atoms with Gasteiger partial charge in [0.2, 0.25) is 5.95 Å². The van der Waals surface area contributed by atoms with Crippen molar-refractivity contribution in [1.29, 1.82) is 0 Å². The van der Waals surface area contributed by atoms with Crippen LogP contribution in [0, 0.1) is 11.6 Å². The molecule has 0 bridgehead atoms. The summed E-state index contributed by atoms with van der Waals surface area (Å²) < 4.78 is 27.1. The Morgan fingerprint density at radius 1 is 1.20 bits per heavy atom. The highest BCUT2D eigenvalue weighted by Crippen LogP contribution is 2.21. The fourth-order valence-corrected chi connectivity index (χ4v) is 1.16. The van der Waals surface area contributed by atoms with Crippen LogP contribution < -0.4 is 11.6 Å². The normalized spacial score (nSPS) is 10.5. The molecule has 0 atom stereocenters. The van der Waals surface area contributed by atoms with Gasteiger partial charge in [0.15, 0.2) is 5.82 Å². The van der Waals surface area contributed by atoms with Crippen molar-refractivity contribution < 1.29 is 8.78 Å². The second kappa shape index (κ2) is 3.19. The van der Waals surface area contributed by atoms with Crippen LogP contribution in [-0.2, 0) is 0 Å². The molecule has 4 N–H and O–H groups in total. The predicted octanol–water partition coefficient (Wildman–Crippen LogP) is 0.519. The molecule has 0 fully saturated rings. The Bertz CT molecular complexity index is 508. The van der Waals surface area contributed by atoms with Gasteiger partial charge in [0.1, 0.15) is 11.6 Å². The summed E-state index contributed by atoms with van der Waals surface area (Å²) in [6, 6.07) is 2.96. The fourth-order valence-electron chi connectivity index (χ4n) is 1.16. The lowest BCUT2D eigenvalue weighted by atomic mass is 10.2. The summed E-state index contributed by atoms with van der Waals surface area (Å²) in [6.07, 6.45) is 0. The van der Waals surface area contributed by atoms with Crippen LogP contribution in [0.4, 0.5) is 14.7 Å². The van der Waals surface area contributed by atoms with Crippen LogP contribution in [0.3, 0.4) is 0 Å². The zero-order valence-electron chi connectivity index (χ0n) is 7.48. The molecule has 0 aliphatic rings. The maximum Gasteiger partial charge on any atom is 0.241 e. The first-order valence-electron chi connectivity index (χ1n) is 4.01. The highest BCUT2D eigenvalue weighted by molar-refractivity contribution is 5.57. The topological polar surface area (TPSA) is 82.8 Å². The van der Waals surface area contributed by atoms with E-state index in [-0.39, 0.29) is 17.3 Å². The summed E-state index contributed by atoms with van der Waals surface area (Å²) in [5, 5.41) is 6.98. The van der Waals surface area contributed by atoms with Crippen molar-refractivity contribution in [1.82, 2.24) is 14.9 Å². The first-order chi connectivity index (χ1) is 7.09. The number of nitrogen functional groups attached to an aromatic ring is 2. The van der Waals surface area contributed by atoms with Crippen molar-refractivity contribution in [3.05, 3.63) is 29.8 Å². The molecular weight excluding hydrogens is 204 g/mol. The van der Waals surface area contributed by atoms with Gasteiger partial charge in [0, 0.05) is 0 Å². The summed E-state index contributed by atoms with van der Waals surface area (Å²) >= 11 is 0. The molecule has 1 aromatic heterocycles. The minimum absolute atomic E-state index is 0.0236. The predicted molar refractivity (Wildman–Crippen MR) is 49.9 cm³/mol. The second-order valence-corrected chi connectivity index (χ2v) is 2.88. The quantitative estimate of drug-likeness (QED) is 0.673. The van der Waals surface area contributed by atoms with Crippen LogP contribution in [0.15, 0.2) is 18.2 Å². The molecule has 5 nitrogen and oxygen atoms in total. The number of hydrogen-bond acceptors (Lipinski definition) is 4. The summed E-state index contributed by atoms with van der Waals surface area (Å²) in [5.41, 5.74) is 5.23. The number of nitrogens with two attached hydrogens (primary N) is 2. The lowest BCUT2D eigenvalue weighted by Crippen LogP contribution is -2.13. The molecule has 0 unspecified atom stereocenters. The molecular formula is C8H7F2N5. The molecule has 0 radical (unpaired) electrons. The molecule has 0 amide bonds. The Labute approximate surface area is 83.3 Å². The summed E-state index contributed by atoms with van der Waals surface area (Å²) in [6.45, 7) is 0. The standard InChI is InChI=1S/C8H7F2N5/c9-4-1-2-6(10)5(3-4)7-13-14-8(11)15(7)12/h1-3H,12H2,(H2,11,14). The molecule has 0 saturated heterocycles. The van der Waals surface area contributed by atoms with Gasteiger partial charge in [-0.3, -0.25) is 0 Å². The van der Waals surface area contributed by atoms with Gasteiger partial charge < -0.3 is 11.6 Å². The van der Waals surface area contributed by atoms with Crippen molar-refractivity contribution in [2.45, 2.75) is 0 Å². The first-order valence-corrected chi connectivity index (χ1v) is 4.01. The Morgan fingerprint density at radius 3 is 2.53 bits per heavy atom. The van der Waals surface area contributed by atoms with Crippen LogP contribution in [0.5, 0.6) is 0 Å². The minimum Gasteiger partial charge on any atom is -0.366 e. The van der Waals surface area contributed by atoms with Crippen LogP contribution >= 0.6 is 0 Å². The first kappa shape index (κ1) is 9.38. The molecule has 1 aromatic carbocycles. The SMILES string of the molecule is Nc1nnc(-c2cc(F)ccc2F)n1N. The summed E-state index contributed by atoms with van der Waals surface area (Å²) in [4.78, 5) is 0. The van der Waals surface area contributed by atoms with Gasteiger partial charge in [0.05, 0.1) is 5.56 Å². The molecule has 0 aliphatic heterocycles. The average molecular weight is 211 g/mol. The third kappa shape index (κ3) is 1.47. The van der Waals surface area contributed by atoms with Crippen LogP contribution in [0.2, 0.25) is 0 Å². The van der Waals surface area contributed by atoms with Crippen LogP contribution in [-0.4, -0.2) is 14.9 Å². The third-order valence-corrected chi connectivity index (χ3v) is 1.89. The van der Waals surface area contributed by atoms with E-state index in [0.717, 1.165) is 22.9 Å². The number of aromatic nitrogens is 3. The molecule has 2 aromatic rings. The number of anilines is 1. The largest absolute Gasteiger partial charge is 0.366 e. The molecule has 2 rings (SSSR count). The second-order valence-electron chi connectivity index (χ2n) is 2.88. The van der Waals surface area contributed by atoms with Gasteiger partial charge >= 0.3 is 0 Å². The van der Waals surface area contributed by atoms with E-state index in [9.17, 15) is 8.78 Å². The number of nitrogens with zero attached hydrogens (tertiary/aromatic N) is 3. The van der Waals surface area contributed by atoms with Gasteiger partial charge in [-0.15, -0.1) is 10.2 Å². The van der Waals surface area contributed by atoms with E-state index in [1.54, 1.807) is 0 Å². The lowest BCUT2D eigenvalue weighted by molar-refractivity contribution is 0.601. The van der Waals surface area contributed by atoms with Crippen molar-refractivity contribution >= 4 is 5.95 Å². The van der Waals surface area contributed by atoms with E-state index in [4.69, 9.17) is 11.6 Å². The highest BCUT2D eigenvalue weighted by atomic mass is 19.1. The van der Waals surface area contributed by atoms with Crippen molar-refractivity contribution in [2.75, 3.05) is 11.6 Å². The number of rotatable bonds is 1. The molecule has 0 saturated carbocycles. The van der Waals surface area contributed by atoms with Gasteiger partial charge in [-0.25, -0.2) is 13.5 Å². The smallest absolute Gasteiger partial charge is 0.241 e. The van der Waals surface area contributed by atoms with Crippen molar-refractivity contribution in [3.8, 4) is 11.4 Å². The minimum atomic E-state index is -0.643. The monoisotopic (exact) mass is 211 g/mol. The Morgan fingerprint density at radius 2 is 1.93 bits per heavy atom. The summed E-state index contributed by atoms with van der Waals surface area (Å²) in [7, 11) is 0. The average Bonchev–Trinajstić information content (AvgIpc) is 2.52. The van der Waals surface area contributed by atoms with Gasteiger partial charge in [0.25, 0.3) is 0 Å². The molecule has 0 spiro atoms. The van der Waals surface area contributed by atoms with Crippen LogP contribution in [0.25, 0.3) is 11.4 Å². The van der Waals surface area contributed by atoms with Crippen molar-refractivity contribution in [3.63, 3.8) is 0 Å². The molecule has 1 heterocycles. The third-order valence-electron chi connectivity index (χ3n) is 1.89. The maximum atomic E-state index is 13.3. The zero-order valence-corrected chi connectivity index (χ0v) is 7.48. The Hall–Kier alpha value is -2.18. The summed E-state index contributed by atoms with van der Waals surface area (Å²) in [5.74, 6) is 4.10. The van der Waals surface area contributed by atoms with Gasteiger partial charge in [-0.05, 0) is 18.2 Å². The molecule has 0 aliphatic carbocycles. The highest BCUT2D eigenvalue weighted by Gasteiger charge is 2.14. The number of halogens is 2. The van der Waals surface area contributed by atoms with E-state index >= 15 is 0 Å². The van der Waals surface area contributed by atoms with E-state index in [2.05, 4.69) is 10.2 Å². The number of hydrogen-bond donors (Lipinski definition) is 2. The van der Waals surface area contributed by atoms with Crippen molar-refractivity contribution in [2.24, 2.45) is 0 Å². The molecule has 78 valence electrons. The van der Waals surface area contributed by atoms with E-state index in [1.165, 1.54) is 0 Å². The van der Waals surface area contributed by atoms with E-state index in [0.29, 0.717) is 0 Å². The Balaban J connectivity index is 2.63. The molecule has 7 heteroatoms. The van der Waals surface area contributed by atoms with Gasteiger partial charge in [-0.1, -0.05) is 0 Å². The van der Waals surface area contributed by atoms with E-state index in [1.807, 2.05) is 0 Å². The fraction of sp³-hybridized carbons (Fsp3) is 0. The maximum absolute atomic E-state index is 13.3. The lowest BCUT2D eigenvalue weighted by Gasteiger charge is -2.02. The Kier molecular flexibility index (Phi) is 2.00. The molecule has 15 heavy (non-hydrogen) atoms. The number of benzene rings is 1. The van der Waals surface area contributed by atoms with E-state index < -0.39 is 11.6 Å². The zero-order chi connectivity index (χ0) is 11.0. The van der Waals surface area contributed by atoms with Gasteiger partial charge in [-0.2, -0.15) is 0 Å². The van der Waals surface area contributed by atoms with Crippen LogP contribution in [0.1, 0.15) is 0 Å².